The van der Waals surface area contributed by atoms with Crippen LogP contribution < -0.4 is 0 Å². The predicted molar refractivity (Wildman–Crippen MR) is 71.3 cm³/mol. The number of hydrogen-bond acceptors (Lipinski definition) is 6. The Labute approximate surface area is 120 Å². The molecule has 3 atom stereocenters. The van der Waals surface area contributed by atoms with Crippen LogP contribution >= 0.6 is 0 Å². The second-order valence-electron chi connectivity index (χ2n) is 5.34. The van der Waals surface area contributed by atoms with Gasteiger partial charge in [-0.3, -0.25) is 4.79 Å². The van der Waals surface area contributed by atoms with Crippen molar-refractivity contribution in [3.05, 3.63) is 29.8 Å². The normalized spacial score (nSPS) is 28.0. The van der Waals surface area contributed by atoms with Crippen LogP contribution in [0, 0.1) is 6.92 Å². The Kier molecular flexibility index (Phi) is 2.83. The largest absolute Gasteiger partial charge is 0.343 e. The maximum absolute atomic E-state index is 11.9. The molecule has 0 N–H and O–H groups in total. The molecule has 0 amide bonds. The van der Waals surface area contributed by atoms with Crippen molar-refractivity contribution in [2.24, 2.45) is 0 Å². The van der Waals surface area contributed by atoms with Crippen molar-refractivity contribution >= 4 is 5.78 Å². The van der Waals surface area contributed by atoms with Crippen LogP contribution in [-0.2, 0) is 14.3 Å². The van der Waals surface area contributed by atoms with Crippen LogP contribution in [0.1, 0.15) is 18.0 Å². The van der Waals surface area contributed by atoms with E-state index in [2.05, 4.69) is 15.5 Å². The Morgan fingerprint density at radius 2 is 2.19 bits per heavy atom. The first-order chi connectivity index (χ1) is 10.2. The number of ether oxygens (including phenoxy) is 2. The molecule has 0 radical (unpaired) electrons. The number of benzene rings is 1. The molecule has 1 aromatic carbocycles. The predicted octanol–water partition coefficient (Wildman–Crippen LogP) is 0.904. The monoisotopic (exact) mass is 286 g/mol. The Morgan fingerprint density at radius 3 is 3.05 bits per heavy atom. The summed E-state index contributed by atoms with van der Waals surface area (Å²) in [4.78, 5) is 11.9. The molecule has 0 aliphatic carbocycles. The number of aromatic nitrogens is 4. The van der Waals surface area contributed by atoms with Gasteiger partial charge >= 0.3 is 0 Å². The summed E-state index contributed by atoms with van der Waals surface area (Å²) in [7, 11) is 0. The Balaban J connectivity index is 1.76. The topological polar surface area (TPSA) is 79.1 Å². The third kappa shape index (κ3) is 1.97. The van der Waals surface area contributed by atoms with Crippen LogP contribution in [0.15, 0.2) is 24.3 Å². The second-order valence-corrected chi connectivity index (χ2v) is 5.34. The molecule has 4 rings (SSSR count). The molecule has 0 unspecified atom stereocenters. The number of carbonyl (C=O) groups excluding carboxylic acids is 1. The van der Waals surface area contributed by atoms with Crippen molar-refractivity contribution in [3.8, 4) is 11.4 Å². The summed E-state index contributed by atoms with van der Waals surface area (Å²) in [5.41, 5.74) is 2.04. The average molecular weight is 286 g/mol. The minimum Gasteiger partial charge on any atom is -0.343 e. The fourth-order valence-corrected chi connectivity index (χ4v) is 2.89. The lowest BCUT2D eigenvalue weighted by molar-refractivity contribution is -0.156. The lowest BCUT2D eigenvalue weighted by Gasteiger charge is -2.26. The number of aryl methyl sites for hydroxylation is 1. The Morgan fingerprint density at radius 1 is 1.33 bits per heavy atom. The summed E-state index contributed by atoms with van der Waals surface area (Å²) in [5.74, 6) is 0.597. The van der Waals surface area contributed by atoms with E-state index >= 15 is 0 Å². The first-order valence-corrected chi connectivity index (χ1v) is 6.87. The molecule has 21 heavy (non-hydrogen) atoms. The molecule has 108 valence electrons. The molecule has 3 heterocycles. The van der Waals surface area contributed by atoms with E-state index < -0.39 is 6.29 Å². The zero-order valence-corrected chi connectivity index (χ0v) is 11.5. The van der Waals surface area contributed by atoms with Crippen LogP contribution in [-0.4, -0.2) is 45.0 Å². The van der Waals surface area contributed by atoms with Crippen molar-refractivity contribution in [1.29, 1.82) is 0 Å². The second kappa shape index (κ2) is 4.71. The van der Waals surface area contributed by atoms with Gasteiger partial charge in [0.2, 0.25) is 6.29 Å². The van der Waals surface area contributed by atoms with E-state index in [9.17, 15) is 4.79 Å². The average Bonchev–Trinajstić information content (AvgIpc) is 3.12. The summed E-state index contributed by atoms with van der Waals surface area (Å²) in [5, 5.41) is 12.0. The molecule has 7 nitrogen and oxygen atoms in total. The van der Waals surface area contributed by atoms with Crippen molar-refractivity contribution < 1.29 is 14.3 Å². The lowest BCUT2D eigenvalue weighted by atomic mass is 10.0. The highest BCUT2D eigenvalue weighted by molar-refractivity contribution is 5.83. The Bertz CT molecular complexity index is 699. The molecule has 2 bridgehead atoms. The van der Waals surface area contributed by atoms with Crippen molar-refractivity contribution in [2.75, 3.05) is 6.61 Å². The summed E-state index contributed by atoms with van der Waals surface area (Å²) >= 11 is 0. The maximum atomic E-state index is 11.9. The number of Topliss-reactive ketones (excluding diaryl/α,β-unsaturated/α-hetero) is 1. The smallest absolute Gasteiger partial charge is 0.218 e. The number of carbonyl (C=O) groups is 1. The molecule has 2 aliphatic heterocycles. The summed E-state index contributed by atoms with van der Waals surface area (Å²) in [6, 6.07) is 7.66. The van der Waals surface area contributed by atoms with Gasteiger partial charge in [0.05, 0.1) is 12.6 Å². The summed E-state index contributed by atoms with van der Waals surface area (Å²) < 4.78 is 12.6. The van der Waals surface area contributed by atoms with Gasteiger partial charge in [-0.25, -0.2) is 4.68 Å². The SMILES string of the molecule is Cc1ccccc1-c1nnnn1[C@H]1CC(=O)[C@H]2OC[C@H]1O2. The van der Waals surface area contributed by atoms with Crippen LogP contribution in [0.3, 0.4) is 0 Å². The van der Waals surface area contributed by atoms with Gasteiger partial charge in [-0.1, -0.05) is 24.3 Å². The van der Waals surface area contributed by atoms with Gasteiger partial charge in [-0.05, 0) is 22.9 Å². The lowest BCUT2D eigenvalue weighted by Crippen LogP contribution is -2.37. The standard InChI is InChI=1S/C14H14N4O3/c1-8-4-2-3-5-9(8)13-15-16-17-18(13)10-6-11(19)14-20-7-12(10)21-14/h2-5,10,12,14H,6-7H2,1H3/t10-,12+,14-/m0/s1. The van der Waals surface area contributed by atoms with Crippen LogP contribution in [0.2, 0.25) is 0 Å². The molecule has 2 fully saturated rings. The number of nitrogens with zero attached hydrogens (tertiary/aromatic N) is 4. The van der Waals surface area contributed by atoms with Crippen LogP contribution in [0.4, 0.5) is 0 Å². The number of fused-ring (bicyclic) bond motifs is 2. The highest BCUT2D eigenvalue weighted by atomic mass is 16.7. The number of rotatable bonds is 2. The van der Waals surface area contributed by atoms with E-state index in [0.29, 0.717) is 18.9 Å². The van der Waals surface area contributed by atoms with E-state index in [1.165, 1.54) is 0 Å². The molecular weight excluding hydrogens is 272 g/mol. The first-order valence-electron chi connectivity index (χ1n) is 6.87. The van der Waals surface area contributed by atoms with Crippen LogP contribution in [0.25, 0.3) is 11.4 Å². The highest BCUT2D eigenvalue weighted by Gasteiger charge is 2.45. The van der Waals surface area contributed by atoms with E-state index in [1.807, 2.05) is 31.2 Å². The molecule has 7 heteroatoms. The summed E-state index contributed by atoms with van der Waals surface area (Å²) in [6.07, 6.45) is -0.553. The van der Waals surface area contributed by atoms with Crippen molar-refractivity contribution in [1.82, 2.24) is 20.2 Å². The fourth-order valence-electron chi connectivity index (χ4n) is 2.89. The van der Waals surface area contributed by atoms with Gasteiger partial charge in [0.15, 0.2) is 11.6 Å². The maximum Gasteiger partial charge on any atom is 0.218 e. The minimum atomic E-state index is -0.704. The fraction of sp³-hybridized carbons (Fsp3) is 0.429. The van der Waals surface area contributed by atoms with Gasteiger partial charge in [-0.15, -0.1) is 5.10 Å². The highest BCUT2D eigenvalue weighted by Crippen LogP contribution is 2.34. The van der Waals surface area contributed by atoms with Gasteiger partial charge in [0.25, 0.3) is 0 Å². The molecular formula is C14H14N4O3. The molecule has 2 saturated heterocycles. The van der Waals surface area contributed by atoms with E-state index in [0.717, 1.165) is 11.1 Å². The minimum absolute atomic E-state index is 0.0556. The van der Waals surface area contributed by atoms with Crippen LogP contribution in [0.5, 0.6) is 0 Å². The Hall–Kier alpha value is -2.12. The number of hydrogen-bond donors (Lipinski definition) is 0. The third-order valence-corrected chi connectivity index (χ3v) is 4.01. The first kappa shape index (κ1) is 12.6. The van der Waals surface area contributed by atoms with Crippen molar-refractivity contribution in [2.45, 2.75) is 31.8 Å². The van der Waals surface area contributed by atoms with Gasteiger partial charge in [0.1, 0.15) is 6.10 Å². The van der Waals surface area contributed by atoms with Gasteiger partial charge in [0, 0.05) is 12.0 Å². The number of ketones is 1. The van der Waals surface area contributed by atoms with E-state index in [1.54, 1.807) is 4.68 Å². The van der Waals surface area contributed by atoms with E-state index in [-0.39, 0.29) is 17.9 Å². The quantitative estimate of drug-likeness (QED) is 0.816. The third-order valence-electron chi connectivity index (χ3n) is 4.01. The molecule has 0 spiro atoms. The molecule has 2 aliphatic rings. The molecule has 0 saturated carbocycles. The molecule has 1 aromatic heterocycles. The van der Waals surface area contributed by atoms with Gasteiger partial charge < -0.3 is 9.47 Å². The van der Waals surface area contributed by atoms with Gasteiger partial charge in [-0.2, -0.15) is 0 Å². The van der Waals surface area contributed by atoms with Crippen molar-refractivity contribution in [3.63, 3.8) is 0 Å². The molecule has 2 aromatic rings. The zero-order chi connectivity index (χ0) is 14.4. The summed E-state index contributed by atoms with van der Waals surface area (Å²) in [6.45, 7) is 2.40. The number of tetrazole rings is 1. The van der Waals surface area contributed by atoms with E-state index in [4.69, 9.17) is 9.47 Å². The zero-order valence-electron chi connectivity index (χ0n) is 11.5.